The Labute approximate surface area is 312 Å². The van der Waals surface area contributed by atoms with Gasteiger partial charge in [-0.1, -0.05) is 97.7 Å². The van der Waals surface area contributed by atoms with Gasteiger partial charge in [0.1, 0.15) is 0 Å². The fourth-order valence-corrected chi connectivity index (χ4v) is 6.53. The van der Waals surface area contributed by atoms with Gasteiger partial charge in [-0.3, -0.25) is 6.08 Å². The van der Waals surface area contributed by atoms with Crippen molar-refractivity contribution in [2.45, 2.75) is 86.5 Å². The summed E-state index contributed by atoms with van der Waals surface area (Å²) in [6.07, 6.45) is 6.62. The summed E-state index contributed by atoms with van der Waals surface area (Å²) in [4.78, 5) is 0. The van der Waals surface area contributed by atoms with E-state index < -0.39 is 0 Å². The molecule has 0 heterocycles. The van der Waals surface area contributed by atoms with Crippen molar-refractivity contribution in [3.63, 3.8) is 0 Å². The Hall–Kier alpha value is -2.44. The molecule has 1 aliphatic rings. The van der Waals surface area contributed by atoms with Crippen LogP contribution < -0.4 is 24.8 Å². The first-order valence-electron chi connectivity index (χ1n) is 16.2. The number of rotatable bonds is 2. The topological polar surface area (TPSA) is 0 Å². The van der Waals surface area contributed by atoms with Crippen LogP contribution in [0, 0.1) is 11.5 Å². The molecule has 0 bridgehead atoms. The predicted molar refractivity (Wildman–Crippen MR) is 195 cm³/mol. The van der Waals surface area contributed by atoms with E-state index in [1.807, 2.05) is 0 Å². The Morgan fingerprint density at radius 2 is 1.00 bits per heavy atom. The van der Waals surface area contributed by atoms with Crippen LogP contribution in [-0.2, 0) is 35.1 Å². The van der Waals surface area contributed by atoms with E-state index in [-0.39, 0.29) is 41.1 Å². The SMILES string of the molecule is CC(C)(C)c1ccc2[cH-]c3ccc(C(C)(C)C)cc3c2c1.CC1=CC[C-]=C1C(C)(C)C.[Cl-].[Cl-].[Zr+2]=[C](c1ccccc1)c1ccccc1. The summed E-state index contributed by atoms with van der Waals surface area (Å²) in [5.41, 5.74) is 8.96. The van der Waals surface area contributed by atoms with Crippen molar-refractivity contribution in [1.29, 1.82) is 0 Å². The molecule has 0 atom stereocenters. The summed E-state index contributed by atoms with van der Waals surface area (Å²) in [6, 6.07) is 37.3. The minimum absolute atomic E-state index is 0. The molecule has 3 heteroatoms. The van der Waals surface area contributed by atoms with Crippen LogP contribution in [0.15, 0.2) is 120 Å². The first kappa shape index (κ1) is 40.7. The van der Waals surface area contributed by atoms with Gasteiger partial charge in [0.15, 0.2) is 0 Å². The van der Waals surface area contributed by atoms with Gasteiger partial charge in [0, 0.05) is 0 Å². The fourth-order valence-electron chi connectivity index (χ4n) is 5.71. The van der Waals surface area contributed by atoms with Crippen LogP contribution >= 0.6 is 0 Å². The molecule has 246 valence electrons. The van der Waals surface area contributed by atoms with Crippen LogP contribution in [0.3, 0.4) is 0 Å². The maximum absolute atomic E-state index is 3.37. The second kappa shape index (κ2) is 16.8. The number of hydrogen-bond acceptors (Lipinski definition) is 0. The third-order valence-electron chi connectivity index (χ3n) is 8.40. The number of allylic oxidation sites excluding steroid dienone is 4. The molecule has 47 heavy (non-hydrogen) atoms. The van der Waals surface area contributed by atoms with Crippen molar-refractivity contribution < 1.29 is 49.0 Å². The summed E-state index contributed by atoms with van der Waals surface area (Å²) >= 11 is 1.46. The van der Waals surface area contributed by atoms with Gasteiger partial charge < -0.3 is 24.8 Å². The first-order valence-corrected chi connectivity index (χ1v) is 17.4. The zero-order valence-electron chi connectivity index (χ0n) is 29.9. The number of halogens is 2. The summed E-state index contributed by atoms with van der Waals surface area (Å²) < 4.78 is 1.42. The van der Waals surface area contributed by atoms with E-state index in [1.165, 1.54) is 82.4 Å². The van der Waals surface area contributed by atoms with Crippen molar-refractivity contribution in [2.24, 2.45) is 5.41 Å². The molecule has 0 fully saturated rings. The van der Waals surface area contributed by atoms with Crippen LogP contribution in [-0.4, -0.2) is 3.21 Å². The molecule has 0 nitrogen and oxygen atoms in total. The van der Waals surface area contributed by atoms with Crippen molar-refractivity contribution in [3.05, 3.63) is 149 Å². The molecule has 0 saturated heterocycles. The van der Waals surface area contributed by atoms with E-state index in [4.69, 9.17) is 0 Å². The van der Waals surface area contributed by atoms with E-state index >= 15 is 0 Å². The number of benzene rings is 4. The molecule has 0 aliphatic heterocycles. The van der Waals surface area contributed by atoms with Gasteiger partial charge in [0.2, 0.25) is 0 Å². The van der Waals surface area contributed by atoms with E-state index in [9.17, 15) is 0 Å². The zero-order valence-corrected chi connectivity index (χ0v) is 33.8. The molecule has 1 aliphatic carbocycles. The molecule has 5 aromatic carbocycles. The summed E-state index contributed by atoms with van der Waals surface area (Å²) in [5, 5.41) is 5.49. The third kappa shape index (κ3) is 10.8. The van der Waals surface area contributed by atoms with E-state index in [2.05, 4.69) is 185 Å². The van der Waals surface area contributed by atoms with Crippen molar-refractivity contribution in [2.75, 3.05) is 0 Å². The summed E-state index contributed by atoms with van der Waals surface area (Å²) in [5.74, 6) is 0. The Bertz CT molecular complexity index is 1710. The Morgan fingerprint density at radius 1 is 0.596 bits per heavy atom. The Balaban J connectivity index is 0.000000258. The molecule has 0 radical (unpaired) electrons. The molecule has 0 aromatic heterocycles. The Kier molecular flexibility index (Phi) is 14.6. The van der Waals surface area contributed by atoms with Crippen LogP contribution in [0.4, 0.5) is 0 Å². The quantitative estimate of drug-likeness (QED) is 0.189. The van der Waals surface area contributed by atoms with Crippen molar-refractivity contribution in [3.8, 4) is 0 Å². The second-order valence-electron chi connectivity index (χ2n) is 15.2. The van der Waals surface area contributed by atoms with Gasteiger partial charge in [-0.25, -0.2) is 11.1 Å². The van der Waals surface area contributed by atoms with Gasteiger partial charge in [0.25, 0.3) is 0 Å². The predicted octanol–water partition coefficient (Wildman–Crippen LogP) is 6.23. The molecule has 5 aromatic rings. The second-order valence-corrected chi connectivity index (χ2v) is 16.5. The van der Waals surface area contributed by atoms with E-state index in [1.54, 1.807) is 0 Å². The number of fused-ring (bicyclic) bond motifs is 3. The van der Waals surface area contributed by atoms with Crippen LogP contribution in [0.25, 0.3) is 21.5 Å². The average molecular weight is 741 g/mol. The molecular formula is C44H50Cl2Zr-2. The van der Waals surface area contributed by atoms with Gasteiger partial charge in [-0.15, -0.1) is 53.1 Å². The van der Waals surface area contributed by atoms with Crippen LogP contribution in [0.5, 0.6) is 0 Å². The van der Waals surface area contributed by atoms with E-state index in [0.717, 1.165) is 6.42 Å². The molecule has 0 amide bonds. The standard InChI is InChI=1S/C21H25.C13H10.C10H15.2ClH.Zr/c1-20(2,3)16-9-7-14-11-15-8-10-17(21(4,5)6)13-19(15)18(14)12-16;1-3-7-12(8-4-1)11-13-9-5-2-6-10-13;1-8-6-5-7-9(8)10(2,3)4;;;/h7-13H,1-6H3;1-10H;6H,5H2,1-4H3;2*1H;/q-1;;-1;;;+2/p-2. The Morgan fingerprint density at radius 3 is 1.30 bits per heavy atom. The van der Waals surface area contributed by atoms with Gasteiger partial charge in [-0.2, -0.15) is 6.08 Å². The zero-order chi connectivity index (χ0) is 33.0. The number of hydrogen-bond donors (Lipinski definition) is 0. The molecule has 0 unspecified atom stereocenters. The van der Waals surface area contributed by atoms with Gasteiger partial charge in [-0.05, 0) is 16.2 Å². The minimum atomic E-state index is 0. The van der Waals surface area contributed by atoms with Crippen LogP contribution in [0.1, 0.15) is 97.9 Å². The summed E-state index contributed by atoms with van der Waals surface area (Å²) in [7, 11) is 0. The van der Waals surface area contributed by atoms with Crippen LogP contribution in [0.2, 0.25) is 0 Å². The first-order chi connectivity index (χ1) is 21.1. The normalized spacial score (nSPS) is 12.9. The third-order valence-corrected chi connectivity index (χ3v) is 9.82. The molecule has 0 N–H and O–H groups in total. The van der Waals surface area contributed by atoms with E-state index in [0.29, 0.717) is 0 Å². The van der Waals surface area contributed by atoms with Crippen molar-refractivity contribution >= 4 is 24.8 Å². The monoisotopic (exact) mass is 738 g/mol. The fraction of sp³-hybridized carbons (Fsp3) is 0.318. The molecule has 0 saturated carbocycles. The van der Waals surface area contributed by atoms with Gasteiger partial charge in [0.05, 0.1) is 0 Å². The summed E-state index contributed by atoms with van der Waals surface area (Å²) in [6.45, 7) is 22.5. The average Bonchev–Trinajstić information content (AvgIpc) is 3.60. The molecule has 0 spiro atoms. The molecule has 6 rings (SSSR count). The maximum atomic E-state index is 3.37. The van der Waals surface area contributed by atoms with Crippen molar-refractivity contribution in [1.82, 2.24) is 0 Å². The van der Waals surface area contributed by atoms with Gasteiger partial charge >= 0.3 is 99.2 Å². The molecular weight excluding hydrogens is 691 g/mol.